The van der Waals surface area contributed by atoms with Gasteiger partial charge in [0.25, 0.3) is 0 Å². The molecule has 40 valence electrons. The standard InChI is InChI=1S/5CH3.Ta/h5*1H3;. The summed E-state index contributed by atoms with van der Waals surface area (Å²) >= 11 is -1.80. The number of hydrogen-bond acceptors (Lipinski definition) is 0. The van der Waals surface area contributed by atoms with Gasteiger partial charge in [-0.05, 0) is 0 Å². The Morgan fingerprint density at radius 3 is 0.667 bits per heavy atom. The molecule has 6 heavy (non-hydrogen) atoms. The van der Waals surface area contributed by atoms with Crippen LogP contribution in [0, 0.1) is 0 Å². The summed E-state index contributed by atoms with van der Waals surface area (Å²) in [5, 5.41) is 12.1. The van der Waals surface area contributed by atoms with Crippen LogP contribution in [0.2, 0.25) is 25.7 Å². The van der Waals surface area contributed by atoms with Crippen LogP contribution in [0.5, 0.6) is 0 Å². The van der Waals surface area contributed by atoms with Crippen molar-refractivity contribution in [2.75, 3.05) is 0 Å². The van der Waals surface area contributed by atoms with E-state index < -0.39 is 15.8 Å². The Morgan fingerprint density at radius 1 is 0.667 bits per heavy atom. The Balaban J connectivity index is 3.73. The van der Waals surface area contributed by atoms with Gasteiger partial charge in [-0.3, -0.25) is 0 Å². The molecule has 0 aliphatic heterocycles. The van der Waals surface area contributed by atoms with Crippen LogP contribution in [-0.4, -0.2) is 0 Å². The van der Waals surface area contributed by atoms with Gasteiger partial charge in [-0.15, -0.1) is 0 Å². The molecule has 0 atom stereocenters. The average molecular weight is 256 g/mol. The van der Waals surface area contributed by atoms with E-state index in [0.717, 1.165) is 0 Å². The van der Waals surface area contributed by atoms with Gasteiger partial charge < -0.3 is 0 Å². The zero-order chi connectivity index (χ0) is 5.45. The first-order valence-corrected chi connectivity index (χ1v) is 18.3. The van der Waals surface area contributed by atoms with Crippen LogP contribution in [0.15, 0.2) is 0 Å². The first-order valence-electron chi connectivity index (χ1n) is 2.24. The maximum atomic E-state index is 2.42. The molecule has 0 amide bonds. The Morgan fingerprint density at radius 2 is 0.667 bits per heavy atom. The average Bonchev–Trinajstić information content (AvgIpc) is 0.650. The van der Waals surface area contributed by atoms with Crippen LogP contribution in [-0.2, 0) is 15.8 Å². The van der Waals surface area contributed by atoms with E-state index in [2.05, 4.69) is 25.7 Å². The molecule has 0 rings (SSSR count). The zero-order valence-electron chi connectivity index (χ0n) is 5.45. The molecule has 0 N–H and O–H groups in total. The predicted molar refractivity (Wildman–Crippen MR) is 29.3 cm³/mol. The van der Waals surface area contributed by atoms with Gasteiger partial charge in [0.1, 0.15) is 0 Å². The molecule has 0 radical (unpaired) electrons. The quantitative estimate of drug-likeness (QED) is 0.625. The molecule has 0 fully saturated rings. The van der Waals surface area contributed by atoms with E-state index in [0.29, 0.717) is 0 Å². The Kier molecular flexibility index (Phi) is 1.26. The van der Waals surface area contributed by atoms with E-state index in [1.807, 2.05) is 0 Å². The Bertz CT molecular complexity index is 37.1. The van der Waals surface area contributed by atoms with Crippen molar-refractivity contribution in [3.05, 3.63) is 0 Å². The molecule has 0 unspecified atom stereocenters. The summed E-state index contributed by atoms with van der Waals surface area (Å²) < 4.78 is 0. The summed E-state index contributed by atoms with van der Waals surface area (Å²) in [4.78, 5) is 0. The fourth-order valence-electron chi connectivity index (χ4n) is 0. The predicted octanol–water partition coefficient (Wildman–Crippen LogP) is 2.92. The molecular formula is C5H15Ta. The molecule has 0 saturated heterocycles. The van der Waals surface area contributed by atoms with E-state index in [1.54, 1.807) is 0 Å². The molecule has 0 saturated carbocycles. The van der Waals surface area contributed by atoms with Crippen LogP contribution in [0.1, 0.15) is 0 Å². The van der Waals surface area contributed by atoms with Gasteiger partial charge in [0.2, 0.25) is 0 Å². The van der Waals surface area contributed by atoms with Crippen molar-refractivity contribution >= 4 is 0 Å². The van der Waals surface area contributed by atoms with E-state index in [9.17, 15) is 0 Å². The molecule has 0 heterocycles. The van der Waals surface area contributed by atoms with Crippen molar-refractivity contribution in [3.8, 4) is 0 Å². The monoisotopic (exact) mass is 256 g/mol. The van der Waals surface area contributed by atoms with E-state index in [-0.39, 0.29) is 0 Å². The molecule has 0 aromatic heterocycles. The van der Waals surface area contributed by atoms with Crippen LogP contribution in [0.4, 0.5) is 0 Å². The van der Waals surface area contributed by atoms with Crippen LogP contribution in [0.3, 0.4) is 0 Å². The molecule has 0 aromatic rings. The van der Waals surface area contributed by atoms with Crippen molar-refractivity contribution in [1.82, 2.24) is 0 Å². The fourth-order valence-corrected chi connectivity index (χ4v) is 0. The van der Waals surface area contributed by atoms with E-state index >= 15 is 0 Å². The van der Waals surface area contributed by atoms with Gasteiger partial charge in [0, 0.05) is 0 Å². The van der Waals surface area contributed by atoms with Crippen molar-refractivity contribution in [2.45, 2.75) is 25.7 Å². The van der Waals surface area contributed by atoms with Gasteiger partial charge >= 0.3 is 41.5 Å². The van der Waals surface area contributed by atoms with Crippen LogP contribution < -0.4 is 0 Å². The molecule has 0 bridgehead atoms. The van der Waals surface area contributed by atoms with Crippen molar-refractivity contribution in [2.24, 2.45) is 0 Å². The normalized spacial score (nSPS) is 19.2. The van der Waals surface area contributed by atoms with E-state index in [1.165, 1.54) is 0 Å². The minimum absolute atomic E-state index is 1.80. The third kappa shape index (κ3) is 121. The van der Waals surface area contributed by atoms with Gasteiger partial charge in [0.15, 0.2) is 0 Å². The summed E-state index contributed by atoms with van der Waals surface area (Å²) in [6.07, 6.45) is 0. The topological polar surface area (TPSA) is 0 Å². The van der Waals surface area contributed by atoms with Gasteiger partial charge in [-0.1, -0.05) is 0 Å². The zero-order valence-corrected chi connectivity index (χ0v) is 8.66. The second kappa shape index (κ2) is 1.12. The summed E-state index contributed by atoms with van der Waals surface area (Å²) in [6.45, 7) is 0. The Hall–Kier alpha value is 0.740. The molecule has 0 nitrogen and oxygen atoms in total. The Labute approximate surface area is 41.9 Å². The number of hydrogen-bond donors (Lipinski definition) is 0. The molecule has 0 aliphatic carbocycles. The third-order valence-corrected chi connectivity index (χ3v) is 0. The van der Waals surface area contributed by atoms with E-state index in [4.69, 9.17) is 0 Å². The molecule has 0 aliphatic rings. The van der Waals surface area contributed by atoms with Gasteiger partial charge in [-0.2, -0.15) is 0 Å². The van der Waals surface area contributed by atoms with Crippen molar-refractivity contribution in [1.29, 1.82) is 0 Å². The van der Waals surface area contributed by atoms with Crippen LogP contribution in [0.25, 0.3) is 0 Å². The second-order valence-corrected chi connectivity index (χ2v) is 36.6. The second-order valence-electron chi connectivity index (χ2n) is 4.47. The number of rotatable bonds is 0. The SMILES string of the molecule is [CH3][Ta]([CH3])([CH3])([CH3])[CH3]. The third-order valence-electron chi connectivity index (χ3n) is 0. The van der Waals surface area contributed by atoms with Gasteiger partial charge in [-0.25, -0.2) is 0 Å². The van der Waals surface area contributed by atoms with Crippen LogP contribution >= 0.6 is 0 Å². The summed E-state index contributed by atoms with van der Waals surface area (Å²) in [5.74, 6) is 0. The fraction of sp³-hybridized carbons (Fsp3) is 1.00. The van der Waals surface area contributed by atoms with Gasteiger partial charge in [0.05, 0.1) is 0 Å². The summed E-state index contributed by atoms with van der Waals surface area (Å²) in [6, 6.07) is 0. The first kappa shape index (κ1) is 6.74. The molecule has 0 spiro atoms. The first-order chi connectivity index (χ1) is 2.24. The molecule has 0 aromatic carbocycles. The summed E-state index contributed by atoms with van der Waals surface area (Å²) in [5.41, 5.74) is 0. The molecule has 1 heteroatoms. The summed E-state index contributed by atoms with van der Waals surface area (Å²) in [7, 11) is 0. The maximum absolute atomic E-state index is 2.42. The van der Waals surface area contributed by atoms with Crippen molar-refractivity contribution in [3.63, 3.8) is 0 Å². The minimum atomic E-state index is -1.80. The van der Waals surface area contributed by atoms with Crippen molar-refractivity contribution < 1.29 is 15.8 Å². The molecular weight excluding hydrogens is 241 g/mol.